The Labute approximate surface area is 161 Å². The summed E-state index contributed by atoms with van der Waals surface area (Å²) in [5.74, 6) is -0.153. The van der Waals surface area contributed by atoms with Gasteiger partial charge in [-0.3, -0.25) is 4.79 Å². The maximum absolute atomic E-state index is 12.6. The standard InChI is InChI=1S/C20H15Cl2NOS/c21-15-11-12-17(18(22)13-15)20(25-16-9-5-2-6-10-16)23-19(24)14-7-3-1-4-8-14/h1-13,20H,(H,23,24). The summed E-state index contributed by atoms with van der Waals surface area (Å²) in [6.45, 7) is 0. The molecule has 1 atom stereocenters. The highest BCUT2D eigenvalue weighted by Crippen LogP contribution is 2.37. The number of amides is 1. The van der Waals surface area contributed by atoms with E-state index in [4.69, 9.17) is 23.2 Å². The Morgan fingerprint density at radius 1 is 0.880 bits per heavy atom. The van der Waals surface area contributed by atoms with Crippen molar-refractivity contribution in [3.8, 4) is 0 Å². The van der Waals surface area contributed by atoms with Gasteiger partial charge >= 0.3 is 0 Å². The first-order valence-corrected chi connectivity index (χ1v) is 9.29. The van der Waals surface area contributed by atoms with E-state index in [1.807, 2.05) is 54.6 Å². The molecule has 5 heteroatoms. The molecule has 0 aliphatic carbocycles. The summed E-state index contributed by atoms with van der Waals surface area (Å²) in [5.41, 5.74) is 1.41. The van der Waals surface area contributed by atoms with Crippen LogP contribution in [0.1, 0.15) is 21.3 Å². The van der Waals surface area contributed by atoms with E-state index in [9.17, 15) is 4.79 Å². The highest BCUT2D eigenvalue weighted by Gasteiger charge is 2.19. The molecule has 3 aromatic rings. The summed E-state index contributed by atoms with van der Waals surface area (Å²) in [7, 11) is 0. The average Bonchev–Trinajstić information content (AvgIpc) is 2.63. The Balaban J connectivity index is 1.90. The second-order valence-corrected chi connectivity index (χ2v) is 7.34. The second-order valence-electron chi connectivity index (χ2n) is 5.32. The summed E-state index contributed by atoms with van der Waals surface area (Å²) >= 11 is 13.9. The first-order valence-electron chi connectivity index (χ1n) is 7.66. The van der Waals surface area contributed by atoms with Gasteiger partial charge in [0.2, 0.25) is 0 Å². The van der Waals surface area contributed by atoms with Gasteiger partial charge in [0.05, 0.1) is 0 Å². The molecule has 1 N–H and O–H groups in total. The number of carbonyl (C=O) groups excluding carboxylic acids is 1. The number of halogens is 2. The van der Waals surface area contributed by atoms with Crippen LogP contribution in [-0.4, -0.2) is 5.91 Å². The lowest BCUT2D eigenvalue weighted by atomic mass is 10.2. The predicted molar refractivity (Wildman–Crippen MR) is 105 cm³/mol. The predicted octanol–water partition coefficient (Wildman–Crippen LogP) is 6.21. The van der Waals surface area contributed by atoms with Crippen molar-refractivity contribution in [3.63, 3.8) is 0 Å². The molecule has 0 aliphatic rings. The van der Waals surface area contributed by atoms with Gasteiger partial charge in [0.25, 0.3) is 5.91 Å². The molecule has 126 valence electrons. The Hall–Kier alpha value is -1.94. The lowest BCUT2D eigenvalue weighted by Crippen LogP contribution is -2.26. The molecule has 25 heavy (non-hydrogen) atoms. The molecule has 0 radical (unpaired) electrons. The van der Waals surface area contributed by atoms with Crippen molar-refractivity contribution in [3.05, 3.63) is 100 Å². The SMILES string of the molecule is O=C(NC(Sc1ccccc1)c1ccc(Cl)cc1Cl)c1ccccc1. The molecular formula is C20H15Cl2NOS. The number of rotatable bonds is 5. The van der Waals surface area contributed by atoms with Gasteiger partial charge in [-0.1, -0.05) is 77.4 Å². The van der Waals surface area contributed by atoms with Crippen molar-refractivity contribution >= 4 is 40.9 Å². The van der Waals surface area contributed by atoms with Gasteiger partial charge < -0.3 is 5.32 Å². The summed E-state index contributed by atoms with van der Waals surface area (Å²) in [6, 6.07) is 24.3. The maximum Gasteiger partial charge on any atom is 0.252 e. The minimum atomic E-state index is -0.333. The van der Waals surface area contributed by atoms with Crippen LogP contribution in [0.2, 0.25) is 10.0 Å². The van der Waals surface area contributed by atoms with Crippen molar-refractivity contribution in [2.24, 2.45) is 0 Å². The average molecular weight is 388 g/mol. The third-order valence-corrected chi connectivity index (χ3v) is 5.25. The van der Waals surface area contributed by atoms with Crippen LogP contribution in [0.3, 0.4) is 0 Å². The number of hydrogen-bond acceptors (Lipinski definition) is 2. The smallest absolute Gasteiger partial charge is 0.252 e. The van der Waals surface area contributed by atoms with Crippen LogP contribution in [0.15, 0.2) is 83.8 Å². The molecule has 0 aromatic heterocycles. The topological polar surface area (TPSA) is 29.1 Å². The zero-order chi connectivity index (χ0) is 17.6. The van der Waals surface area contributed by atoms with E-state index in [0.29, 0.717) is 15.6 Å². The number of thioether (sulfide) groups is 1. The van der Waals surface area contributed by atoms with E-state index in [1.165, 1.54) is 11.8 Å². The van der Waals surface area contributed by atoms with E-state index in [-0.39, 0.29) is 11.3 Å². The van der Waals surface area contributed by atoms with E-state index in [0.717, 1.165) is 10.5 Å². The molecule has 0 heterocycles. The molecule has 0 spiro atoms. The lowest BCUT2D eigenvalue weighted by Gasteiger charge is -2.20. The molecule has 0 fully saturated rings. The second kappa shape index (κ2) is 8.43. The highest BCUT2D eigenvalue weighted by molar-refractivity contribution is 7.99. The van der Waals surface area contributed by atoms with Crippen LogP contribution in [0.25, 0.3) is 0 Å². The molecule has 2 nitrogen and oxygen atoms in total. The van der Waals surface area contributed by atoms with Crippen molar-refractivity contribution in [1.82, 2.24) is 5.32 Å². The van der Waals surface area contributed by atoms with Crippen LogP contribution in [0.4, 0.5) is 0 Å². The number of benzene rings is 3. The van der Waals surface area contributed by atoms with Crippen LogP contribution >= 0.6 is 35.0 Å². The maximum atomic E-state index is 12.6. The first-order chi connectivity index (χ1) is 12.1. The molecule has 1 unspecified atom stereocenters. The molecule has 3 aromatic carbocycles. The summed E-state index contributed by atoms with van der Waals surface area (Å²) in [4.78, 5) is 13.6. The van der Waals surface area contributed by atoms with Gasteiger partial charge in [-0.15, -0.1) is 0 Å². The fraction of sp³-hybridized carbons (Fsp3) is 0.0500. The van der Waals surface area contributed by atoms with Gasteiger partial charge in [0.1, 0.15) is 5.37 Å². The van der Waals surface area contributed by atoms with E-state index < -0.39 is 0 Å². The fourth-order valence-corrected chi connectivity index (χ4v) is 3.98. The Morgan fingerprint density at radius 3 is 2.16 bits per heavy atom. The van der Waals surface area contributed by atoms with E-state index >= 15 is 0 Å². The van der Waals surface area contributed by atoms with Crippen molar-refractivity contribution in [1.29, 1.82) is 0 Å². The monoisotopic (exact) mass is 387 g/mol. The third-order valence-electron chi connectivity index (χ3n) is 3.54. The number of carbonyl (C=O) groups is 1. The van der Waals surface area contributed by atoms with Gasteiger partial charge in [-0.25, -0.2) is 0 Å². The molecule has 0 bridgehead atoms. The van der Waals surface area contributed by atoms with Crippen molar-refractivity contribution < 1.29 is 4.79 Å². The van der Waals surface area contributed by atoms with Crippen LogP contribution in [-0.2, 0) is 0 Å². The zero-order valence-electron chi connectivity index (χ0n) is 13.2. The Morgan fingerprint density at radius 2 is 1.52 bits per heavy atom. The molecule has 3 rings (SSSR count). The normalized spacial score (nSPS) is 11.8. The lowest BCUT2D eigenvalue weighted by molar-refractivity contribution is 0.0949. The molecular weight excluding hydrogens is 373 g/mol. The third kappa shape index (κ3) is 4.79. The highest BCUT2D eigenvalue weighted by atomic mass is 35.5. The molecule has 0 aliphatic heterocycles. The zero-order valence-corrected chi connectivity index (χ0v) is 15.5. The quantitative estimate of drug-likeness (QED) is 0.416. The Bertz CT molecular complexity index is 856. The number of hydrogen-bond donors (Lipinski definition) is 1. The van der Waals surface area contributed by atoms with Gasteiger partial charge in [-0.2, -0.15) is 0 Å². The van der Waals surface area contributed by atoms with Crippen molar-refractivity contribution in [2.75, 3.05) is 0 Å². The van der Waals surface area contributed by atoms with Gasteiger partial charge in [0, 0.05) is 26.1 Å². The molecule has 0 saturated carbocycles. The largest absolute Gasteiger partial charge is 0.336 e. The molecule has 1 amide bonds. The number of nitrogens with one attached hydrogen (secondary N) is 1. The fourth-order valence-electron chi connectivity index (χ4n) is 2.31. The molecule has 0 saturated heterocycles. The van der Waals surface area contributed by atoms with E-state index in [1.54, 1.807) is 24.3 Å². The first kappa shape index (κ1) is 17.9. The van der Waals surface area contributed by atoms with E-state index in [2.05, 4.69) is 5.32 Å². The van der Waals surface area contributed by atoms with Gasteiger partial charge in [0.15, 0.2) is 0 Å². The summed E-state index contributed by atoms with van der Waals surface area (Å²) in [6.07, 6.45) is 0. The Kier molecular flexibility index (Phi) is 6.03. The van der Waals surface area contributed by atoms with Crippen molar-refractivity contribution in [2.45, 2.75) is 10.3 Å². The van der Waals surface area contributed by atoms with Crippen LogP contribution < -0.4 is 5.32 Å². The summed E-state index contributed by atoms with van der Waals surface area (Å²) < 4.78 is 0. The van der Waals surface area contributed by atoms with Crippen LogP contribution in [0, 0.1) is 0 Å². The van der Waals surface area contributed by atoms with Gasteiger partial charge in [-0.05, 0) is 36.4 Å². The minimum Gasteiger partial charge on any atom is -0.336 e. The minimum absolute atomic E-state index is 0.153. The summed E-state index contributed by atoms with van der Waals surface area (Å²) in [5, 5.41) is 3.81. The van der Waals surface area contributed by atoms with Crippen LogP contribution in [0.5, 0.6) is 0 Å².